The third-order valence-corrected chi connectivity index (χ3v) is 3.87. The van der Waals surface area contributed by atoms with E-state index in [1.54, 1.807) is 6.07 Å². The molecule has 3 aromatic rings. The molecule has 3 rings (SSSR count). The van der Waals surface area contributed by atoms with Crippen LogP contribution in [0.1, 0.15) is 28.4 Å². The summed E-state index contributed by atoms with van der Waals surface area (Å²) in [6, 6.07) is 6.48. The van der Waals surface area contributed by atoms with E-state index in [0.29, 0.717) is 29.0 Å². The first-order valence-corrected chi connectivity index (χ1v) is 7.79. The molecule has 7 heteroatoms. The van der Waals surface area contributed by atoms with Gasteiger partial charge in [0, 0.05) is 29.1 Å². The van der Waals surface area contributed by atoms with E-state index in [1.807, 2.05) is 6.92 Å². The summed E-state index contributed by atoms with van der Waals surface area (Å²) in [6.07, 6.45) is 0.544. The molecule has 0 aliphatic heterocycles. The number of ether oxygens (including phenoxy) is 1. The first-order valence-electron chi connectivity index (χ1n) is 7.79. The summed E-state index contributed by atoms with van der Waals surface area (Å²) >= 11 is 0. The Morgan fingerprint density at radius 1 is 1.08 bits per heavy atom. The largest absolute Gasteiger partial charge is 0.508 e. The van der Waals surface area contributed by atoms with Crippen LogP contribution < -0.4 is 5.63 Å². The van der Waals surface area contributed by atoms with Crippen molar-refractivity contribution in [1.82, 2.24) is 0 Å². The number of hydrogen-bond donors (Lipinski definition) is 1. The van der Waals surface area contributed by atoms with Crippen molar-refractivity contribution in [3.05, 3.63) is 75.1 Å². The summed E-state index contributed by atoms with van der Waals surface area (Å²) in [5.41, 5.74) is 0.183. The lowest BCUT2D eigenvalue weighted by Gasteiger charge is -2.09. The first-order chi connectivity index (χ1) is 12.4. The van der Waals surface area contributed by atoms with Gasteiger partial charge < -0.3 is 14.3 Å². The highest BCUT2D eigenvalue weighted by Crippen LogP contribution is 2.27. The van der Waals surface area contributed by atoms with E-state index in [1.165, 1.54) is 6.07 Å². The minimum Gasteiger partial charge on any atom is -0.508 e. The molecular formula is C19H14F2O5. The van der Waals surface area contributed by atoms with E-state index in [9.17, 15) is 23.5 Å². The molecule has 134 valence electrons. The number of halogens is 2. The molecule has 1 heterocycles. The van der Waals surface area contributed by atoms with Crippen LogP contribution in [0.3, 0.4) is 0 Å². The molecule has 1 aromatic heterocycles. The van der Waals surface area contributed by atoms with Gasteiger partial charge in [-0.1, -0.05) is 6.92 Å². The first kappa shape index (κ1) is 17.6. The van der Waals surface area contributed by atoms with Crippen molar-refractivity contribution >= 4 is 16.9 Å². The highest BCUT2D eigenvalue weighted by Gasteiger charge is 2.14. The fraction of sp³-hybridized carbons (Fsp3) is 0.158. The second-order valence-electron chi connectivity index (χ2n) is 5.66. The van der Waals surface area contributed by atoms with Crippen LogP contribution in [-0.2, 0) is 17.8 Å². The normalized spacial score (nSPS) is 10.9. The Balaban J connectivity index is 1.93. The van der Waals surface area contributed by atoms with Crippen LogP contribution in [0.15, 0.2) is 45.6 Å². The lowest BCUT2D eigenvalue weighted by molar-refractivity contribution is 0.0472. The summed E-state index contributed by atoms with van der Waals surface area (Å²) < 4.78 is 36.5. The van der Waals surface area contributed by atoms with Gasteiger partial charge in [-0.3, -0.25) is 0 Å². The van der Waals surface area contributed by atoms with E-state index >= 15 is 0 Å². The Kier molecular flexibility index (Phi) is 4.71. The van der Waals surface area contributed by atoms with Crippen molar-refractivity contribution in [2.75, 3.05) is 0 Å². The fourth-order valence-corrected chi connectivity index (χ4v) is 2.61. The van der Waals surface area contributed by atoms with Gasteiger partial charge in [-0.2, -0.15) is 0 Å². The number of carbonyl (C=O) groups is 1. The van der Waals surface area contributed by atoms with E-state index in [4.69, 9.17) is 9.15 Å². The zero-order valence-corrected chi connectivity index (χ0v) is 13.7. The predicted octanol–water partition coefficient (Wildman–Crippen LogP) is 3.70. The number of aryl methyl sites for hydroxylation is 1. The molecule has 0 atom stereocenters. The van der Waals surface area contributed by atoms with Gasteiger partial charge in [0.15, 0.2) is 0 Å². The Bertz CT molecular complexity index is 1040. The van der Waals surface area contributed by atoms with Crippen molar-refractivity contribution in [1.29, 1.82) is 0 Å². The van der Waals surface area contributed by atoms with Crippen molar-refractivity contribution in [2.45, 2.75) is 20.0 Å². The summed E-state index contributed by atoms with van der Waals surface area (Å²) in [6.45, 7) is 1.55. The van der Waals surface area contributed by atoms with E-state index in [0.717, 1.165) is 18.2 Å². The number of rotatable bonds is 4. The van der Waals surface area contributed by atoms with Crippen molar-refractivity contribution in [3.63, 3.8) is 0 Å². The number of hydrogen-bond acceptors (Lipinski definition) is 5. The molecule has 0 spiro atoms. The standard InChI is InChI=1S/C19H14F2O5/c1-2-10-5-15-12(6-18(23)26-17(15)8-16(10)22)9-25-19(24)11-3-13(20)7-14(21)4-11/h3-8,22H,2,9H2,1H3. The van der Waals surface area contributed by atoms with Crippen LogP contribution in [0, 0.1) is 11.6 Å². The predicted molar refractivity (Wildman–Crippen MR) is 89.0 cm³/mol. The Morgan fingerprint density at radius 3 is 2.42 bits per heavy atom. The van der Waals surface area contributed by atoms with Crippen molar-refractivity contribution < 1.29 is 27.8 Å². The van der Waals surface area contributed by atoms with Crippen LogP contribution in [0.4, 0.5) is 8.78 Å². The lowest BCUT2D eigenvalue weighted by Crippen LogP contribution is -2.08. The van der Waals surface area contributed by atoms with E-state index < -0.39 is 23.2 Å². The molecule has 0 unspecified atom stereocenters. The maximum Gasteiger partial charge on any atom is 0.338 e. The average Bonchev–Trinajstić information content (AvgIpc) is 2.57. The molecule has 0 radical (unpaired) electrons. The third-order valence-electron chi connectivity index (χ3n) is 3.87. The Morgan fingerprint density at radius 2 is 1.77 bits per heavy atom. The average molecular weight is 360 g/mol. The zero-order valence-electron chi connectivity index (χ0n) is 13.7. The van der Waals surface area contributed by atoms with E-state index in [-0.39, 0.29) is 23.5 Å². The molecular weight excluding hydrogens is 346 g/mol. The minimum absolute atomic E-state index is 0.00692. The van der Waals surface area contributed by atoms with Gasteiger partial charge in [0.2, 0.25) is 0 Å². The highest BCUT2D eigenvalue weighted by atomic mass is 19.1. The lowest BCUT2D eigenvalue weighted by atomic mass is 10.0. The molecule has 0 bridgehead atoms. The minimum atomic E-state index is -0.931. The second-order valence-corrected chi connectivity index (χ2v) is 5.66. The molecule has 5 nitrogen and oxygen atoms in total. The van der Waals surface area contributed by atoms with Gasteiger partial charge >= 0.3 is 11.6 Å². The second kappa shape index (κ2) is 6.95. The van der Waals surface area contributed by atoms with Gasteiger partial charge in [-0.25, -0.2) is 18.4 Å². The topological polar surface area (TPSA) is 76.7 Å². The highest BCUT2D eigenvalue weighted by molar-refractivity contribution is 5.89. The van der Waals surface area contributed by atoms with Crippen LogP contribution in [0.25, 0.3) is 11.0 Å². The van der Waals surface area contributed by atoms with Crippen LogP contribution in [-0.4, -0.2) is 11.1 Å². The Hall–Kier alpha value is -3.22. The monoisotopic (exact) mass is 360 g/mol. The number of phenols is 1. The molecule has 0 aliphatic rings. The summed E-state index contributed by atoms with van der Waals surface area (Å²) in [5.74, 6) is -2.73. The number of esters is 1. The quantitative estimate of drug-likeness (QED) is 0.567. The SMILES string of the molecule is CCc1cc2c(COC(=O)c3cc(F)cc(F)c3)cc(=O)oc2cc1O. The van der Waals surface area contributed by atoms with Gasteiger partial charge in [0.05, 0.1) is 5.56 Å². The van der Waals surface area contributed by atoms with Crippen molar-refractivity contribution in [3.8, 4) is 5.75 Å². The number of fused-ring (bicyclic) bond motifs is 1. The van der Waals surface area contributed by atoms with Crippen LogP contribution in [0.5, 0.6) is 5.75 Å². The molecule has 26 heavy (non-hydrogen) atoms. The summed E-state index contributed by atoms with van der Waals surface area (Å²) in [7, 11) is 0. The Labute approximate surface area is 146 Å². The van der Waals surface area contributed by atoms with Gasteiger partial charge in [0.1, 0.15) is 29.6 Å². The van der Waals surface area contributed by atoms with E-state index in [2.05, 4.69) is 0 Å². The van der Waals surface area contributed by atoms with Gasteiger partial charge in [-0.05, 0) is 30.2 Å². The van der Waals surface area contributed by atoms with Crippen LogP contribution in [0.2, 0.25) is 0 Å². The summed E-state index contributed by atoms with van der Waals surface area (Å²) in [5, 5.41) is 10.4. The molecule has 1 N–H and O–H groups in total. The van der Waals surface area contributed by atoms with Gasteiger partial charge in [-0.15, -0.1) is 0 Å². The summed E-state index contributed by atoms with van der Waals surface area (Å²) in [4.78, 5) is 23.7. The fourth-order valence-electron chi connectivity index (χ4n) is 2.61. The molecule has 0 amide bonds. The van der Waals surface area contributed by atoms with Gasteiger partial charge in [0.25, 0.3) is 0 Å². The smallest absolute Gasteiger partial charge is 0.338 e. The number of carbonyl (C=O) groups excluding carboxylic acids is 1. The number of aromatic hydroxyl groups is 1. The maximum absolute atomic E-state index is 13.2. The molecule has 2 aromatic carbocycles. The molecule has 0 saturated heterocycles. The number of phenolic OH excluding ortho intramolecular Hbond substituents is 1. The van der Waals surface area contributed by atoms with Crippen molar-refractivity contribution in [2.24, 2.45) is 0 Å². The number of benzene rings is 2. The molecule has 0 saturated carbocycles. The maximum atomic E-state index is 13.2. The van der Waals surface area contributed by atoms with Crippen LogP contribution >= 0.6 is 0 Å². The zero-order chi connectivity index (χ0) is 18.8. The molecule has 0 aliphatic carbocycles. The third kappa shape index (κ3) is 3.56. The molecule has 0 fully saturated rings.